The second kappa shape index (κ2) is 9.30. The molecule has 0 aliphatic heterocycles. The number of nitrogens with zero attached hydrogens (tertiary/aromatic N) is 2. The van der Waals surface area contributed by atoms with Crippen LogP contribution < -0.4 is 14.8 Å². The predicted octanol–water partition coefficient (Wildman–Crippen LogP) is 2.17. The van der Waals surface area contributed by atoms with E-state index in [4.69, 9.17) is 16.3 Å². The van der Waals surface area contributed by atoms with E-state index in [1.807, 2.05) is 0 Å². The quantitative estimate of drug-likeness (QED) is 0.441. The summed E-state index contributed by atoms with van der Waals surface area (Å²) >= 11 is 7.04. The van der Waals surface area contributed by atoms with E-state index in [0.29, 0.717) is 26.2 Å². The van der Waals surface area contributed by atoms with Crippen LogP contribution in [0.3, 0.4) is 0 Å². The molecule has 0 unspecified atom stereocenters. The van der Waals surface area contributed by atoms with Crippen molar-refractivity contribution in [3.8, 4) is 5.75 Å². The van der Waals surface area contributed by atoms with Crippen molar-refractivity contribution in [3.63, 3.8) is 0 Å². The SMILES string of the molecule is COc1ccc(Cl)cc1NC(=O)CN(C)C(=O)CSc1cccc[n+]1[O-]. The van der Waals surface area contributed by atoms with Gasteiger partial charge in [-0.05, 0) is 36.0 Å². The highest BCUT2D eigenvalue weighted by molar-refractivity contribution is 7.99. The summed E-state index contributed by atoms with van der Waals surface area (Å²) in [5.41, 5.74) is 0.428. The minimum Gasteiger partial charge on any atom is -0.618 e. The van der Waals surface area contributed by atoms with Gasteiger partial charge in [0.2, 0.25) is 11.8 Å². The Morgan fingerprint density at radius 1 is 1.35 bits per heavy atom. The van der Waals surface area contributed by atoms with E-state index in [-0.39, 0.29) is 24.1 Å². The first-order valence-electron chi connectivity index (χ1n) is 7.59. The van der Waals surface area contributed by atoms with Gasteiger partial charge in [0.1, 0.15) is 5.75 Å². The fourth-order valence-electron chi connectivity index (χ4n) is 2.04. The van der Waals surface area contributed by atoms with Crippen LogP contribution >= 0.6 is 23.4 Å². The molecule has 0 aliphatic carbocycles. The first-order chi connectivity index (χ1) is 12.4. The van der Waals surface area contributed by atoms with Crippen LogP contribution in [-0.4, -0.2) is 43.2 Å². The van der Waals surface area contributed by atoms with Crippen molar-refractivity contribution in [2.24, 2.45) is 0 Å². The van der Waals surface area contributed by atoms with Crippen LogP contribution in [-0.2, 0) is 9.59 Å². The van der Waals surface area contributed by atoms with Gasteiger partial charge in [-0.25, -0.2) is 0 Å². The summed E-state index contributed by atoms with van der Waals surface area (Å²) in [6.45, 7) is -0.138. The Labute approximate surface area is 160 Å². The lowest BCUT2D eigenvalue weighted by Gasteiger charge is -2.17. The Morgan fingerprint density at radius 2 is 2.12 bits per heavy atom. The zero-order chi connectivity index (χ0) is 19.1. The van der Waals surface area contributed by atoms with Crippen LogP contribution in [0.15, 0.2) is 47.6 Å². The molecule has 9 heteroatoms. The van der Waals surface area contributed by atoms with Crippen molar-refractivity contribution >= 4 is 40.9 Å². The minimum atomic E-state index is -0.384. The highest BCUT2D eigenvalue weighted by Gasteiger charge is 2.16. The summed E-state index contributed by atoms with van der Waals surface area (Å²) in [6.07, 6.45) is 1.36. The molecular weight excluding hydrogens is 378 g/mol. The lowest BCUT2D eigenvalue weighted by Crippen LogP contribution is -2.36. The molecular formula is C17H18ClN3O4S. The van der Waals surface area contributed by atoms with Gasteiger partial charge < -0.3 is 20.2 Å². The lowest BCUT2D eigenvalue weighted by atomic mass is 10.3. The van der Waals surface area contributed by atoms with Gasteiger partial charge in [0, 0.05) is 24.2 Å². The number of aromatic nitrogens is 1. The third-order valence-corrected chi connectivity index (χ3v) is 4.61. The molecule has 2 aromatic rings. The van der Waals surface area contributed by atoms with Gasteiger partial charge in [0.05, 0.1) is 25.1 Å². The highest BCUT2D eigenvalue weighted by Crippen LogP contribution is 2.27. The molecule has 0 fully saturated rings. The van der Waals surface area contributed by atoms with Gasteiger partial charge in [-0.3, -0.25) is 9.59 Å². The molecule has 0 saturated carbocycles. The number of carbonyl (C=O) groups is 2. The molecule has 0 bridgehead atoms. The number of thioether (sulfide) groups is 1. The smallest absolute Gasteiger partial charge is 0.251 e. The van der Waals surface area contributed by atoms with Gasteiger partial charge in [-0.1, -0.05) is 11.6 Å². The van der Waals surface area contributed by atoms with Crippen LogP contribution in [0.25, 0.3) is 0 Å². The number of hydrogen-bond acceptors (Lipinski definition) is 5. The molecule has 138 valence electrons. The number of hydrogen-bond donors (Lipinski definition) is 1. The fraction of sp³-hybridized carbons (Fsp3) is 0.235. The van der Waals surface area contributed by atoms with Crippen molar-refractivity contribution in [2.75, 3.05) is 31.8 Å². The molecule has 1 aromatic carbocycles. The molecule has 26 heavy (non-hydrogen) atoms. The van der Waals surface area contributed by atoms with Crippen molar-refractivity contribution in [1.29, 1.82) is 0 Å². The van der Waals surface area contributed by atoms with Crippen molar-refractivity contribution in [1.82, 2.24) is 4.90 Å². The summed E-state index contributed by atoms with van der Waals surface area (Å²) < 4.78 is 5.85. The molecule has 0 aliphatic rings. The minimum absolute atomic E-state index is 0.0521. The number of benzene rings is 1. The number of pyridine rings is 1. The topological polar surface area (TPSA) is 85.6 Å². The number of carbonyl (C=O) groups excluding carboxylic acids is 2. The number of rotatable bonds is 7. The Kier molecular flexibility index (Phi) is 7.11. The summed E-state index contributed by atoms with van der Waals surface area (Å²) in [6, 6.07) is 9.81. The molecule has 7 nitrogen and oxygen atoms in total. The third-order valence-electron chi connectivity index (χ3n) is 3.37. The molecule has 0 saturated heterocycles. The van der Waals surface area contributed by atoms with E-state index < -0.39 is 0 Å². The van der Waals surface area contributed by atoms with Gasteiger partial charge in [0.15, 0.2) is 6.20 Å². The largest absolute Gasteiger partial charge is 0.618 e. The third kappa shape index (κ3) is 5.53. The zero-order valence-corrected chi connectivity index (χ0v) is 15.8. The number of amides is 2. The summed E-state index contributed by atoms with van der Waals surface area (Å²) in [4.78, 5) is 25.6. The van der Waals surface area contributed by atoms with E-state index in [1.54, 1.807) is 36.4 Å². The molecule has 1 heterocycles. The van der Waals surface area contributed by atoms with E-state index in [0.717, 1.165) is 11.8 Å². The first kappa shape index (κ1) is 19.9. The second-order valence-electron chi connectivity index (χ2n) is 5.30. The molecule has 1 N–H and O–H groups in total. The molecule has 1 aromatic heterocycles. The average Bonchev–Trinajstić information content (AvgIpc) is 2.60. The van der Waals surface area contributed by atoms with E-state index in [9.17, 15) is 14.8 Å². The number of anilines is 1. The van der Waals surface area contributed by atoms with Crippen LogP contribution in [0.2, 0.25) is 5.02 Å². The lowest BCUT2D eigenvalue weighted by molar-refractivity contribution is -0.645. The summed E-state index contributed by atoms with van der Waals surface area (Å²) in [5, 5.41) is 15.1. The number of methoxy groups -OCH3 is 1. The first-order valence-corrected chi connectivity index (χ1v) is 8.95. The van der Waals surface area contributed by atoms with Crippen molar-refractivity contribution < 1.29 is 19.1 Å². The van der Waals surface area contributed by atoms with Gasteiger partial charge >= 0.3 is 0 Å². The summed E-state index contributed by atoms with van der Waals surface area (Å²) in [5.74, 6) is -0.135. The van der Waals surface area contributed by atoms with Crippen molar-refractivity contribution in [3.05, 3.63) is 52.8 Å². The maximum Gasteiger partial charge on any atom is 0.251 e. The van der Waals surface area contributed by atoms with E-state index in [2.05, 4.69) is 5.32 Å². The maximum atomic E-state index is 12.2. The van der Waals surface area contributed by atoms with Crippen LogP contribution in [0.4, 0.5) is 5.69 Å². The predicted molar refractivity (Wildman–Crippen MR) is 100 cm³/mol. The van der Waals surface area contributed by atoms with Crippen LogP contribution in [0, 0.1) is 5.21 Å². The highest BCUT2D eigenvalue weighted by atomic mass is 35.5. The fourth-order valence-corrected chi connectivity index (χ4v) is 3.07. The monoisotopic (exact) mass is 395 g/mol. The number of ether oxygens (including phenoxy) is 1. The van der Waals surface area contributed by atoms with E-state index in [1.165, 1.54) is 25.3 Å². The Balaban J connectivity index is 1.89. The van der Waals surface area contributed by atoms with Gasteiger partial charge in [0.25, 0.3) is 5.03 Å². The molecule has 0 atom stereocenters. The standard InChI is InChI=1S/C17H18ClN3O4S/c1-20(16(23)11-26-17-5-3-4-8-21(17)24)10-15(22)19-13-9-12(18)6-7-14(13)25-2/h3-9H,10-11H2,1-2H3,(H,19,22). The number of likely N-dealkylation sites (N-methyl/N-ethyl adjacent to an activating group) is 1. The normalized spacial score (nSPS) is 10.3. The average molecular weight is 396 g/mol. The molecule has 0 spiro atoms. The number of nitrogens with one attached hydrogen (secondary N) is 1. The maximum absolute atomic E-state index is 12.2. The van der Waals surface area contributed by atoms with Crippen molar-refractivity contribution in [2.45, 2.75) is 5.03 Å². The molecule has 2 amide bonds. The van der Waals surface area contributed by atoms with E-state index >= 15 is 0 Å². The van der Waals surface area contributed by atoms with Gasteiger partial charge in [-0.15, -0.1) is 0 Å². The van der Waals surface area contributed by atoms with Crippen LogP contribution in [0.5, 0.6) is 5.75 Å². The molecule has 2 rings (SSSR count). The molecule has 0 radical (unpaired) electrons. The van der Waals surface area contributed by atoms with Gasteiger partial charge in [-0.2, -0.15) is 4.73 Å². The Morgan fingerprint density at radius 3 is 2.81 bits per heavy atom. The Bertz CT molecular complexity index is 803. The Hall–Kier alpha value is -2.45. The number of halogens is 1. The second-order valence-corrected chi connectivity index (χ2v) is 6.73. The van der Waals surface area contributed by atoms with Crippen LogP contribution in [0.1, 0.15) is 0 Å². The summed E-state index contributed by atoms with van der Waals surface area (Å²) in [7, 11) is 3.01. The zero-order valence-electron chi connectivity index (χ0n) is 14.3.